The molecule has 0 fully saturated rings. The largest absolute Gasteiger partial charge is 0.319 e. The topological polar surface area (TPSA) is 107 Å². The minimum atomic E-state index is -0.562. The number of aryl methyl sites for hydroxylation is 1. The van der Waals surface area contributed by atoms with Gasteiger partial charge in [0.25, 0.3) is 11.2 Å². The second-order valence-corrected chi connectivity index (χ2v) is 8.52. The Hall–Kier alpha value is -3.56. The SMILES string of the molecule is Cc1ccc([N+](=O)[O-])c(NC(=O)Cn2cnc3scc(-c4ccc(Cl)cc4)c3c2=O)c1C. The molecule has 0 saturated carbocycles. The van der Waals surface area contributed by atoms with Crippen molar-refractivity contribution in [3.8, 4) is 11.1 Å². The number of nitro benzene ring substituents is 1. The van der Waals surface area contributed by atoms with Gasteiger partial charge in [-0.2, -0.15) is 0 Å². The quantitative estimate of drug-likeness (QED) is 0.329. The number of benzene rings is 2. The Balaban J connectivity index is 1.68. The van der Waals surface area contributed by atoms with Crippen LogP contribution in [0.1, 0.15) is 11.1 Å². The molecule has 4 aromatic rings. The van der Waals surface area contributed by atoms with Crippen molar-refractivity contribution in [2.45, 2.75) is 20.4 Å². The van der Waals surface area contributed by atoms with Crippen LogP contribution in [0.3, 0.4) is 0 Å². The van der Waals surface area contributed by atoms with Gasteiger partial charge in [-0.05, 0) is 42.7 Å². The average Bonchev–Trinajstić information content (AvgIpc) is 3.19. The lowest BCUT2D eigenvalue weighted by Gasteiger charge is -2.12. The van der Waals surface area contributed by atoms with Gasteiger partial charge < -0.3 is 5.32 Å². The first-order valence-electron chi connectivity index (χ1n) is 9.53. The van der Waals surface area contributed by atoms with Gasteiger partial charge >= 0.3 is 0 Å². The van der Waals surface area contributed by atoms with E-state index in [1.54, 1.807) is 32.0 Å². The first-order chi connectivity index (χ1) is 15.3. The first kappa shape index (κ1) is 21.7. The Kier molecular flexibility index (Phi) is 5.77. The summed E-state index contributed by atoms with van der Waals surface area (Å²) in [4.78, 5) is 41.5. The van der Waals surface area contributed by atoms with Gasteiger partial charge in [-0.15, -0.1) is 11.3 Å². The van der Waals surface area contributed by atoms with E-state index in [9.17, 15) is 19.7 Å². The van der Waals surface area contributed by atoms with Gasteiger partial charge in [0.2, 0.25) is 5.91 Å². The molecular formula is C22H17ClN4O4S. The molecule has 0 bridgehead atoms. The zero-order valence-corrected chi connectivity index (χ0v) is 18.7. The third-order valence-electron chi connectivity index (χ3n) is 5.20. The maximum Gasteiger partial charge on any atom is 0.293 e. The number of nitro groups is 1. The highest BCUT2D eigenvalue weighted by molar-refractivity contribution is 7.17. The zero-order valence-electron chi connectivity index (χ0n) is 17.1. The van der Waals surface area contributed by atoms with Crippen LogP contribution >= 0.6 is 22.9 Å². The number of thiophene rings is 1. The van der Waals surface area contributed by atoms with E-state index in [0.29, 0.717) is 26.4 Å². The van der Waals surface area contributed by atoms with Gasteiger partial charge in [0, 0.05) is 22.0 Å². The summed E-state index contributed by atoms with van der Waals surface area (Å²) >= 11 is 7.29. The van der Waals surface area contributed by atoms with E-state index in [1.807, 2.05) is 17.5 Å². The summed E-state index contributed by atoms with van der Waals surface area (Å²) in [6, 6.07) is 10.1. The fourth-order valence-corrected chi connectivity index (χ4v) is 4.40. The van der Waals surface area contributed by atoms with E-state index in [-0.39, 0.29) is 23.5 Å². The van der Waals surface area contributed by atoms with Gasteiger partial charge in [-0.3, -0.25) is 24.3 Å². The molecule has 0 aliphatic heterocycles. The average molecular weight is 469 g/mol. The Labute approximate surface area is 191 Å². The van der Waals surface area contributed by atoms with Crippen molar-refractivity contribution in [2.75, 3.05) is 5.32 Å². The fraction of sp³-hybridized carbons (Fsp3) is 0.136. The van der Waals surface area contributed by atoms with E-state index in [1.165, 1.54) is 28.3 Å². The van der Waals surface area contributed by atoms with Crippen LogP contribution in [0.2, 0.25) is 5.02 Å². The molecule has 0 spiro atoms. The third kappa shape index (κ3) is 4.00. The molecular weight excluding hydrogens is 452 g/mol. The summed E-state index contributed by atoms with van der Waals surface area (Å²) in [5.41, 5.74) is 2.47. The van der Waals surface area contributed by atoms with Crippen LogP contribution in [-0.4, -0.2) is 20.4 Å². The zero-order chi connectivity index (χ0) is 23.0. The Morgan fingerprint density at radius 1 is 1.22 bits per heavy atom. The third-order valence-corrected chi connectivity index (χ3v) is 6.34. The molecule has 162 valence electrons. The van der Waals surface area contributed by atoms with E-state index in [4.69, 9.17) is 11.6 Å². The van der Waals surface area contributed by atoms with Crippen LogP contribution in [0.4, 0.5) is 11.4 Å². The van der Waals surface area contributed by atoms with Crippen LogP contribution in [0.5, 0.6) is 0 Å². The Morgan fingerprint density at radius 2 is 1.94 bits per heavy atom. The monoisotopic (exact) mass is 468 g/mol. The van der Waals surface area contributed by atoms with Crippen LogP contribution in [0.25, 0.3) is 21.3 Å². The van der Waals surface area contributed by atoms with Crippen molar-refractivity contribution < 1.29 is 9.72 Å². The van der Waals surface area contributed by atoms with E-state index in [0.717, 1.165) is 11.1 Å². The van der Waals surface area contributed by atoms with Crippen molar-refractivity contribution in [3.63, 3.8) is 0 Å². The number of fused-ring (bicyclic) bond motifs is 1. The van der Waals surface area contributed by atoms with Gasteiger partial charge in [-0.1, -0.05) is 29.8 Å². The van der Waals surface area contributed by atoms with E-state index >= 15 is 0 Å². The number of hydrogen-bond acceptors (Lipinski definition) is 6. The lowest BCUT2D eigenvalue weighted by Crippen LogP contribution is -2.28. The number of nitrogens with zero attached hydrogens (tertiary/aromatic N) is 3. The summed E-state index contributed by atoms with van der Waals surface area (Å²) in [6.07, 6.45) is 1.31. The summed E-state index contributed by atoms with van der Waals surface area (Å²) in [6.45, 7) is 3.16. The molecule has 4 rings (SSSR count). The lowest BCUT2D eigenvalue weighted by atomic mass is 10.1. The molecule has 2 aromatic carbocycles. The minimum Gasteiger partial charge on any atom is -0.319 e. The number of amides is 1. The number of rotatable bonds is 5. The van der Waals surface area contributed by atoms with E-state index < -0.39 is 10.8 Å². The van der Waals surface area contributed by atoms with Gasteiger partial charge in [-0.25, -0.2) is 4.98 Å². The Morgan fingerprint density at radius 3 is 2.62 bits per heavy atom. The molecule has 0 aliphatic carbocycles. The van der Waals surface area contributed by atoms with Crippen LogP contribution < -0.4 is 10.9 Å². The number of nitrogens with one attached hydrogen (secondary N) is 1. The minimum absolute atomic E-state index is 0.125. The van der Waals surface area contributed by atoms with Crippen LogP contribution in [-0.2, 0) is 11.3 Å². The molecule has 1 N–H and O–H groups in total. The number of halogens is 1. The number of carbonyl (C=O) groups is 1. The Bertz CT molecular complexity index is 1430. The molecule has 32 heavy (non-hydrogen) atoms. The number of hydrogen-bond donors (Lipinski definition) is 1. The molecule has 2 aromatic heterocycles. The molecule has 0 saturated heterocycles. The lowest BCUT2D eigenvalue weighted by molar-refractivity contribution is -0.384. The van der Waals surface area contributed by atoms with Crippen molar-refractivity contribution in [1.29, 1.82) is 0 Å². The fourth-order valence-electron chi connectivity index (χ4n) is 3.37. The van der Waals surface area contributed by atoms with Crippen LogP contribution in [0, 0.1) is 24.0 Å². The van der Waals surface area contributed by atoms with Crippen molar-refractivity contribution in [2.24, 2.45) is 0 Å². The highest BCUT2D eigenvalue weighted by Crippen LogP contribution is 2.32. The highest BCUT2D eigenvalue weighted by atomic mass is 35.5. The standard InChI is InChI=1S/C22H17ClN4O4S/c1-12-3-8-17(27(30)31)20(13(12)2)25-18(28)9-26-11-24-21-19(22(26)29)16(10-32-21)14-4-6-15(23)7-5-14/h3-8,10-11H,9H2,1-2H3,(H,25,28). The number of carbonyl (C=O) groups excluding carboxylic acids is 1. The molecule has 0 radical (unpaired) electrons. The van der Waals surface area contributed by atoms with Gasteiger partial charge in [0.15, 0.2) is 0 Å². The summed E-state index contributed by atoms with van der Waals surface area (Å²) in [5.74, 6) is -0.562. The van der Waals surface area contributed by atoms with Crippen molar-refractivity contribution >= 4 is 50.4 Å². The molecule has 0 unspecified atom stereocenters. The van der Waals surface area contributed by atoms with Crippen LogP contribution in [0.15, 0.2) is 52.9 Å². The normalized spacial score (nSPS) is 11.0. The molecule has 2 heterocycles. The maximum atomic E-state index is 13.2. The van der Waals surface area contributed by atoms with Gasteiger partial charge in [0.05, 0.1) is 16.6 Å². The molecule has 10 heteroatoms. The highest BCUT2D eigenvalue weighted by Gasteiger charge is 2.20. The predicted molar refractivity (Wildman–Crippen MR) is 126 cm³/mol. The second kappa shape index (κ2) is 8.52. The smallest absolute Gasteiger partial charge is 0.293 e. The van der Waals surface area contributed by atoms with Crippen molar-refractivity contribution in [1.82, 2.24) is 9.55 Å². The second-order valence-electron chi connectivity index (χ2n) is 7.22. The first-order valence-corrected chi connectivity index (χ1v) is 10.8. The summed E-state index contributed by atoms with van der Waals surface area (Å²) in [5, 5.41) is 16.8. The molecule has 8 nitrogen and oxygen atoms in total. The maximum absolute atomic E-state index is 13.2. The summed E-state index contributed by atoms with van der Waals surface area (Å²) in [7, 11) is 0. The molecule has 0 atom stereocenters. The van der Waals surface area contributed by atoms with Gasteiger partial charge in [0.1, 0.15) is 17.1 Å². The number of aromatic nitrogens is 2. The molecule has 1 amide bonds. The predicted octanol–water partition coefficient (Wildman–Crippen LogP) is 4.94. The number of anilines is 1. The molecule has 0 aliphatic rings. The summed E-state index contributed by atoms with van der Waals surface area (Å²) < 4.78 is 1.20. The van der Waals surface area contributed by atoms with Crippen molar-refractivity contribution in [3.05, 3.63) is 84.7 Å². The van der Waals surface area contributed by atoms with E-state index in [2.05, 4.69) is 10.3 Å².